The fourth-order valence-corrected chi connectivity index (χ4v) is 3.90. The van der Waals surface area contributed by atoms with E-state index in [2.05, 4.69) is 15.4 Å². The second-order valence-corrected chi connectivity index (χ2v) is 8.20. The summed E-state index contributed by atoms with van der Waals surface area (Å²) in [6.45, 7) is 1.45. The third kappa shape index (κ3) is 5.62. The van der Waals surface area contributed by atoms with E-state index in [1.165, 1.54) is 12.1 Å². The molecule has 3 rings (SSSR count). The predicted molar refractivity (Wildman–Crippen MR) is 107 cm³/mol. The summed E-state index contributed by atoms with van der Waals surface area (Å²) in [7, 11) is -3.77. The van der Waals surface area contributed by atoms with E-state index in [-0.39, 0.29) is 11.0 Å². The molecule has 1 heterocycles. The Morgan fingerprint density at radius 3 is 2.41 bits per heavy atom. The first-order chi connectivity index (χ1) is 12.9. The van der Waals surface area contributed by atoms with Crippen molar-refractivity contribution >= 4 is 38.7 Å². The summed E-state index contributed by atoms with van der Waals surface area (Å²) in [5.74, 6) is -0.492. The minimum absolute atomic E-state index is 0.00869. The highest BCUT2D eigenvalue weighted by atomic mass is 32.2. The molecule has 1 aliphatic heterocycles. The van der Waals surface area contributed by atoms with E-state index in [1.807, 2.05) is 0 Å². The molecule has 9 heteroatoms. The molecule has 1 fully saturated rings. The number of ether oxygens (including phenoxy) is 1. The number of anilines is 2. The lowest BCUT2D eigenvalue weighted by Gasteiger charge is -2.14. The summed E-state index contributed by atoms with van der Waals surface area (Å²) < 4.78 is 45.5. The molecule has 0 bridgehead atoms. The van der Waals surface area contributed by atoms with Crippen LogP contribution in [0.2, 0.25) is 0 Å². The van der Waals surface area contributed by atoms with Gasteiger partial charge in [-0.15, -0.1) is 0 Å². The summed E-state index contributed by atoms with van der Waals surface area (Å²) in [6, 6.07) is 11.3. The van der Waals surface area contributed by atoms with Crippen molar-refractivity contribution in [2.24, 2.45) is 0 Å². The van der Waals surface area contributed by atoms with Crippen LogP contribution in [-0.4, -0.2) is 32.8 Å². The van der Waals surface area contributed by atoms with Crippen LogP contribution in [0, 0.1) is 5.82 Å². The molecule has 1 aliphatic rings. The Labute approximate surface area is 163 Å². The highest BCUT2D eigenvalue weighted by Crippen LogP contribution is 2.19. The van der Waals surface area contributed by atoms with E-state index in [0.717, 1.165) is 37.3 Å². The van der Waals surface area contributed by atoms with Gasteiger partial charge in [0.05, 0.1) is 11.0 Å². The van der Waals surface area contributed by atoms with E-state index in [4.69, 9.17) is 17.0 Å². The molecule has 1 saturated heterocycles. The van der Waals surface area contributed by atoms with Gasteiger partial charge < -0.3 is 15.4 Å². The summed E-state index contributed by atoms with van der Waals surface area (Å²) in [5, 5.41) is 6.62. The van der Waals surface area contributed by atoms with Gasteiger partial charge >= 0.3 is 0 Å². The minimum atomic E-state index is -3.77. The van der Waals surface area contributed by atoms with Crippen LogP contribution in [0.3, 0.4) is 0 Å². The fraction of sp³-hybridized carbons (Fsp3) is 0.278. The largest absolute Gasteiger partial charge is 0.376 e. The number of thiocarbonyl (C=S) groups is 1. The Balaban J connectivity index is 1.54. The number of halogens is 1. The molecule has 0 amide bonds. The zero-order chi connectivity index (χ0) is 19.3. The number of benzene rings is 2. The normalized spacial score (nSPS) is 16.7. The van der Waals surface area contributed by atoms with Gasteiger partial charge in [0.1, 0.15) is 5.82 Å². The molecule has 144 valence electrons. The van der Waals surface area contributed by atoms with Crippen molar-refractivity contribution in [2.75, 3.05) is 23.2 Å². The quantitative estimate of drug-likeness (QED) is 0.637. The van der Waals surface area contributed by atoms with Gasteiger partial charge in [-0.25, -0.2) is 12.8 Å². The summed E-state index contributed by atoms with van der Waals surface area (Å²) in [4.78, 5) is -0.00869. The van der Waals surface area contributed by atoms with Crippen LogP contribution in [0.4, 0.5) is 15.8 Å². The minimum Gasteiger partial charge on any atom is -0.376 e. The first-order valence-electron chi connectivity index (χ1n) is 8.47. The van der Waals surface area contributed by atoms with Gasteiger partial charge in [-0.05, 0) is 73.6 Å². The van der Waals surface area contributed by atoms with E-state index < -0.39 is 15.8 Å². The van der Waals surface area contributed by atoms with Gasteiger partial charge in [-0.2, -0.15) is 0 Å². The average molecular weight is 410 g/mol. The van der Waals surface area contributed by atoms with Gasteiger partial charge in [0, 0.05) is 24.5 Å². The average Bonchev–Trinajstić information content (AvgIpc) is 3.15. The molecular weight excluding hydrogens is 389 g/mol. The van der Waals surface area contributed by atoms with E-state index in [1.54, 1.807) is 24.3 Å². The second kappa shape index (κ2) is 8.64. The van der Waals surface area contributed by atoms with Gasteiger partial charge in [0.15, 0.2) is 5.11 Å². The summed E-state index contributed by atoms with van der Waals surface area (Å²) in [5.41, 5.74) is 1.12. The smallest absolute Gasteiger partial charge is 0.261 e. The van der Waals surface area contributed by atoms with Crippen molar-refractivity contribution in [1.29, 1.82) is 0 Å². The Hall–Kier alpha value is -2.23. The lowest BCUT2D eigenvalue weighted by atomic mass is 10.2. The van der Waals surface area contributed by atoms with Crippen molar-refractivity contribution in [2.45, 2.75) is 23.8 Å². The van der Waals surface area contributed by atoms with Crippen LogP contribution in [0.25, 0.3) is 0 Å². The van der Waals surface area contributed by atoms with Crippen LogP contribution in [0.1, 0.15) is 12.8 Å². The molecule has 27 heavy (non-hydrogen) atoms. The molecule has 3 N–H and O–H groups in total. The lowest BCUT2D eigenvalue weighted by molar-refractivity contribution is 0.114. The molecule has 0 aromatic heterocycles. The molecule has 0 saturated carbocycles. The van der Waals surface area contributed by atoms with Crippen molar-refractivity contribution in [3.8, 4) is 0 Å². The SMILES string of the molecule is O=S(=O)(Nc1ccc(NC(=S)NC[C@@H]2CCCO2)cc1)c1ccc(F)cc1. The molecule has 0 radical (unpaired) electrons. The van der Waals surface area contributed by atoms with Crippen LogP contribution in [-0.2, 0) is 14.8 Å². The Bertz CT molecular complexity index is 881. The number of nitrogens with one attached hydrogen (secondary N) is 3. The van der Waals surface area contributed by atoms with Crippen LogP contribution < -0.4 is 15.4 Å². The van der Waals surface area contributed by atoms with Crippen molar-refractivity contribution in [3.63, 3.8) is 0 Å². The maximum Gasteiger partial charge on any atom is 0.261 e. The maximum absolute atomic E-state index is 12.9. The third-order valence-electron chi connectivity index (χ3n) is 4.03. The van der Waals surface area contributed by atoms with Crippen LogP contribution >= 0.6 is 12.2 Å². The maximum atomic E-state index is 12.9. The fourth-order valence-electron chi connectivity index (χ4n) is 2.64. The van der Waals surface area contributed by atoms with Crippen LogP contribution in [0.15, 0.2) is 53.4 Å². The van der Waals surface area contributed by atoms with Crippen molar-refractivity contribution in [1.82, 2.24) is 5.32 Å². The van der Waals surface area contributed by atoms with E-state index in [0.29, 0.717) is 17.3 Å². The molecule has 0 aliphatic carbocycles. The molecule has 2 aromatic rings. The van der Waals surface area contributed by atoms with Gasteiger partial charge in [0.25, 0.3) is 10.0 Å². The Morgan fingerprint density at radius 2 is 1.78 bits per heavy atom. The highest BCUT2D eigenvalue weighted by molar-refractivity contribution is 7.92. The summed E-state index contributed by atoms with van der Waals surface area (Å²) in [6.07, 6.45) is 2.29. The third-order valence-corrected chi connectivity index (χ3v) is 5.68. The molecule has 0 unspecified atom stereocenters. The standard InChI is InChI=1S/C18H20FN3O3S2/c19-13-3-9-17(10-4-13)27(23,24)22-15-7-5-14(6-8-15)21-18(26)20-12-16-2-1-11-25-16/h3-10,16,22H,1-2,11-12H2,(H2,20,21,26)/t16-/m0/s1. The molecule has 1 atom stereocenters. The molecule has 6 nitrogen and oxygen atoms in total. The molecule has 0 spiro atoms. The Morgan fingerprint density at radius 1 is 1.11 bits per heavy atom. The summed E-state index contributed by atoms with van der Waals surface area (Å²) >= 11 is 5.25. The zero-order valence-electron chi connectivity index (χ0n) is 14.4. The first-order valence-corrected chi connectivity index (χ1v) is 10.4. The number of sulfonamides is 1. The number of rotatable bonds is 6. The van der Waals surface area contributed by atoms with Gasteiger partial charge in [-0.1, -0.05) is 0 Å². The Kier molecular flexibility index (Phi) is 6.25. The predicted octanol–water partition coefficient (Wildman–Crippen LogP) is 3.09. The van der Waals surface area contributed by atoms with Gasteiger partial charge in [0.2, 0.25) is 0 Å². The topological polar surface area (TPSA) is 79.5 Å². The molecule has 2 aromatic carbocycles. The highest BCUT2D eigenvalue weighted by Gasteiger charge is 2.16. The number of hydrogen-bond donors (Lipinski definition) is 3. The monoisotopic (exact) mass is 409 g/mol. The lowest BCUT2D eigenvalue weighted by Crippen LogP contribution is -2.34. The van der Waals surface area contributed by atoms with Crippen LogP contribution in [0.5, 0.6) is 0 Å². The second-order valence-electron chi connectivity index (χ2n) is 6.11. The number of hydrogen-bond acceptors (Lipinski definition) is 4. The van der Waals surface area contributed by atoms with Crippen molar-refractivity contribution in [3.05, 3.63) is 54.3 Å². The molecular formula is C18H20FN3O3S2. The van der Waals surface area contributed by atoms with E-state index >= 15 is 0 Å². The van der Waals surface area contributed by atoms with Gasteiger partial charge in [-0.3, -0.25) is 4.72 Å². The first kappa shape index (κ1) is 19.5. The van der Waals surface area contributed by atoms with Crippen molar-refractivity contribution < 1.29 is 17.5 Å². The zero-order valence-corrected chi connectivity index (χ0v) is 16.1. The van der Waals surface area contributed by atoms with E-state index in [9.17, 15) is 12.8 Å².